The third kappa shape index (κ3) is 13.0. The number of furan rings is 2. The minimum Gasteiger partial charge on any atom is -0.456 e. The lowest BCUT2D eigenvalue weighted by molar-refractivity contribution is 0.00578. The second kappa shape index (κ2) is 27.4. The number of halogens is 1. The molecule has 1 aliphatic rings. The molecule has 19 rings (SSSR count). The fourth-order valence-electron chi connectivity index (χ4n) is 13.5. The number of benzene rings is 14. The van der Waals surface area contributed by atoms with Crippen LogP contribution in [0.3, 0.4) is 0 Å². The molecule has 5 heterocycles. The van der Waals surface area contributed by atoms with E-state index in [0.29, 0.717) is 29.1 Å². The topological polar surface area (TPSA) is 122 Å². The van der Waals surface area contributed by atoms with Gasteiger partial charge in [-0.05, 0) is 147 Å². The van der Waals surface area contributed by atoms with Crippen molar-refractivity contribution in [2.75, 3.05) is 0 Å². The molecule has 1 saturated heterocycles. The van der Waals surface area contributed by atoms with Gasteiger partial charge < -0.3 is 18.1 Å². The van der Waals surface area contributed by atoms with E-state index < -0.39 is 7.12 Å². The van der Waals surface area contributed by atoms with Crippen molar-refractivity contribution in [3.63, 3.8) is 0 Å². The molecule has 0 radical (unpaired) electrons. The van der Waals surface area contributed by atoms with Crippen molar-refractivity contribution in [2.45, 2.75) is 38.9 Å². The minimum absolute atomic E-state index is 0.180. The van der Waals surface area contributed by atoms with E-state index in [-0.39, 0.29) is 16.5 Å². The van der Waals surface area contributed by atoms with Crippen LogP contribution in [0.4, 0.5) is 0 Å². The quantitative estimate of drug-likeness (QED) is 0.122. The Kier molecular flexibility index (Phi) is 17.1. The maximum Gasteiger partial charge on any atom is 0.495 e. The van der Waals surface area contributed by atoms with Gasteiger partial charge in [0.1, 0.15) is 22.3 Å². The second-order valence-electron chi connectivity index (χ2n) is 26.9. The molecular formula is C92H66BClN6O4. The zero-order chi connectivity index (χ0) is 70.3. The van der Waals surface area contributed by atoms with E-state index in [1.807, 2.05) is 103 Å². The van der Waals surface area contributed by atoms with Crippen LogP contribution in [0.1, 0.15) is 27.7 Å². The molecule has 1 aliphatic heterocycles. The monoisotopic (exact) mass is 1360 g/mol. The summed E-state index contributed by atoms with van der Waals surface area (Å²) in [4.78, 5) is 28.6. The van der Waals surface area contributed by atoms with Crippen LogP contribution in [0, 0.1) is 0 Å². The molecule has 4 aromatic heterocycles. The van der Waals surface area contributed by atoms with Gasteiger partial charge in [0.2, 0.25) is 5.28 Å². The first kappa shape index (κ1) is 64.8. The molecule has 0 aliphatic carbocycles. The normalized spacial score (nSPS) is 13.1. The Bertz CT molecular complexity index is 5940. The van der Waals surface area contributed by atoms with Gasteiger partial charge in [-0.3, -0.25) is 0 Å². The van der Waals surface area contributed by atoms with Gasteiger partial charge in [0, 0.05) is 49.4 Å². The van der Waals surface area contributed by atoms with Crippen molar-refractivity contribution in [3.8, 4) is 101 Å². The number of aromatic nitrogens is 6. The molecule has 0 saturated carbocycles. The summed E-state index contributed by atoms with van der Waals surface area (Å²) < 4.78 is 25.1. The van der Waals surface area contributed by atoms with Crippen LogP contribution in [0.2, 0.25) is 5.28 Å². The molecule has 104 heavy (non-hydrogen) atoms. The molecule has 12 heteroatoms. The van der Waals surface area contributed by atoms with E-state index in [9.17, 15) is 0 Å². The number of hydrogen-bond acceptors (Lipinski definition) is 10. The summed E-state index contributed by atoms with van der Waals surface area (Å²) in [7, 11) is -0.407. The van der Waals surface area contributed by atoms with Gasteiger partial charge in [-0.2, -0.15) is 9.97 Å². The highest BCUT2D eigenvalue weighted by Gasteiger charge is 2.52. The van der Waals surface area contributed by atoms with Crippen molar-refractivity contribution < 1.29 is 18.1 Å². The van der Waals surface area contributed by atoms with Gasteiger partial charge in [0.05, 0.1) is 11.2 Å². The lowest BCUT2D eigenvalue weighted by Crippen LogP contribution is -2.41. The predicted molar refractivity (Wildman–Crippen MR) is 425 cm³/mol. The maximum atomic E-state index is 6.39. The van der Waals surface area contributed by atoms with E-state index >= 15 is 0 Å². The third-order valence-electron chi connectivity index (χ3n) is 19.8. The summed E-state index contributed by atoms with van der Waals surface area (Å²) in [6, 6.07) is 112. The van der Waals surface area contributed by atoms with Gasteiger partial charge in [-0.25, -0.2) is 19.9 Å². The fraction of sp³-hybridized carbons (Fsp3) is 0.0652. The number of fused-ring (bicyclic) bond motifs is 8. The Morgan fingerprint density at radius 2 is 0.548 bits per heavy atom. The molecule has 0 unspecified atom stereocenters. The maximum absolute atomic E-state index is 6.39. The van der Waals surface area contributed by atoms with E-state index in [1.165, 1.54) is 33.0 Å². The Balaban J connectivity index is 0.000000122. The highest BCUT2D eigenvalue weighted by molar-refractivity contribution is 6.66. The van der Waals surface area contributed by atoms with Crippen LogP contribution in [-0.2, 0) is 9.31 Å². The van der Waals surface area contributed by atoms with E-state index in [2.05, 4.69) is 267 Å². The molecular weight excluding hydrogens is 1300 g/mol. The first-order chi connectivity index (χ1) is 50.9. The zero-order valence-corrected chi connectivity index (χ0v) is 58.2. The molecule has 0 bridgehead atoms. The predicted octanol–water partition coefficient (Wildman–Crippen LogP) is 23.5. The fourth-order valence-corrected chi connectivity index (χ4v) is 13.7. The smallest absolute Gasteiger partial charge is 0.456 e. The highest BCUT2D eigenvalue weighted by atomic mass is 35.5. The van der Waals surface area contributed by atoms with Gasteiger partial charge in [0.25, 0.3) is 0 Å². The van der Waals surface area contributed by atoms with Gasteiger partial charge in [0.15, 0.2) is 29.1 Å². The summed E-state index contributed by atoms with van der Waals surface area (Å²) in [6.07, 6.45) is 0. The minimum atomic E-state index is -0.407. The molecule has 0 N–H and O–H groups in total. The molecule has 0 amide bonds. The summed E-state index contributed by atoms with van der Waals surface area (Å²) in [5, 5.41) is 9.07. The van der Waals surface area contributed by atoms with Crippen LogP contribution < -0.4 is 5.46 Å². The number of hydrogen-bond donors (Lipinski definition) is 0. The van der Waals surface area contributed by atoms with E-state index in [0.717, 1.165) is 110 Å². The average Bonchev–Trinajstić information content (AvgIpc) is 1.59. The molecule has 10 nitrogen and oxygen atoms in total. The molecule has 0 spiro atoms. The molecule has 18 aromatic rings. The Labute approximate surface area is 607 Å². The average molecular weight is 1370 g/mol. The van der Waals surface area contributed by atoms with E-state index in [4.69, 9.17) is 44.7 Å². The van der Waals surface area contributed by atoms with Crippen molar-refractivity contribution in [1.82, 2.24) is 29.9 Å². The summed E-state index contributed by atoms with van der Waals surface area (Å²) in [5.41, 5.74) is 17.5. The standard InChI is InChI=1S/C43H27N3O.C27H18ClN3.C22H21BO3/c1-3-10-28(11-4-1)30-18-22-32(23-19-30)41-44-42(33-24-20-31(21-25-33)29-12-5-2-6-13-29)46-43(45-41)36-16-9-17-38-40(36)37-26-34-14-7-8-15-35(34)27-39(37)47-38;28-27-30-25(23-15-11-21(12-16-23)19-7-3-1-4-8-19)29-26(31-27)24-17-13-22(14-18-24)20-9-5-2-6-10-20;1-21(2)22(3,4)26-23(25-21)17-10-7-11-18-20(17)16-12-14-8-5-6-9-15(14)13-19(16)24-18/h1-27H;1-18H;5-13H,1-4H3. The van der Waals surface area contributed by atoms with Crippen LogP contribution in [-0.4, -0.2) is 48.2 Å². The Morgan fingerprint density at radius 3 is 0.923 bits per heavy atom. The number of rotatable bonds is 10. The van der Waals surface area contributed by atoms with Crippen LogP contribution in [0.15, 0.2) is 336 Å². The lowest BCUT2D eigenvalue weighted by Gasteiger charge is -2.32. The summed E-state index contributed by atoms with van der Waals surface area (Å²) >= 11 is 6.24. The Hall–Kier alpha value is -12.5. The van der Waals surface area contributed by atoms with E-state index in [1.54, 1.807) is 0 Å². The summed E-state index contributed by atoms with van der Waals surface area (Å²) in [5.74, 6) is 2.95. The first-order valence-electron chi connectivity index (χ1n) is 34.7. The molecule has 0 atom stereocenters. The molecule has 14 aromatic carbocycles. The number of nitrogens with zero attached hydrogens (tertiary/aromatic N) is 6. The second-order valence-corrected chi connectivity index (χ2v) is 27.3. The van der Waals surface area contributed by atoms with Crippen molar-refractivity contribution in [1.29, 1.82) is 0 Å². The van der Waals surface area contributed by atoms with Crippen LogP contribution in [0.5, 0.6) is 0 Å². The van der Waals surface area contributed by atoms with Crippen molar-refractivity contribution >= 4 is 89.6 Å². The zero-order valence-electron chi connectivity index (χ0n) is 57.4. The van der Waals surface area contributed by atoms with Gasteiger partial charge >= 0.3 is 7.12 Å². The molecule has 1 fully saturated rings. The van der Waals surface area contributed by atoms with Crippen molar-refractivity contribution in [3.05, 3.63) is 333 Å². The van der Waals surface area contributed by atoms with Crippen LogP contribution in [0.25, 0.3) is 167 Å². The lowest BCUT2D eigenvalue weighted by atomic mass is 9.76. The Morgan fingerprint density at radius 1 is 0.260 bits per heavy atom. The third-order valence-corrected chi connectivity index (χ3v) is 19.9. The summed E-state index contributed by atoms with van der Waals surface area (Å²) in [6.45, 7) is 8.31. The molecule has 498 valence electrons. The highest BCUT2D eigenvalue weighted by Crippen LogP contribution is 2.42. The SMILES string of the molecule is CC1(C)OB(c2cccc3oc4cc5ccccc5cc4c23)OC1(C)C.Clc1nc(-c2ccc(-c3ccccc3)cc2)nc(-c2ccc(-c3ccccc3)cc2)n1.c1ccc(-c2ccc(-c3nc(-c4ccc(-c5ccccc5)cc4)nc(-c4cccc5oc6cc7ccccc7cc6c45)n3)cc2)cc1. The van der Waals surface area contributed by atoms with Gasteiger partial charge in [-0.1, -0.05) is 291 Å². The first-order valence-corrected chi connectivity index (χ1v) is 35.1. The van der Waals surface area contributed by atoms with Crippen LogP contribution >= 0.6 is 11.6 Å². The largest absolute Gasteiger partial charge is 0.495 e. The van der Waals surface area contributed by atoms with Gasteiger partial charge in [-0.15, -0.1) is 0 Å². The van der Waals surface area contributed by atoms with Crippen molar-refractivity contribution in [2.24, 2.45) is 0 Å².